The topological polar surface area (TPSA) is 66.9 Å². The highest BCUT2D eigenvalue weighted by Crippen LogP contribution is 2.21. The molecule has 0 aliphatic heterocycles. The van der Waals surface area contributed by atoms with Gasteiger partial charge in [-0.05, 0) is 36.8 Å². The van der Waals surface area contributed by atoms with E-state index in [9.17, 15) is 9.18 Å². The van der Waals surface area contributed by atoms with Gasteiger partial charge in [0.15, 0.2) is 0 Å². The minimum absolute atomic E-state index is 0.144. The quantitative estimate of drug-likeness (QED) is 0.718. The Morgan fingerprint density at radius 2 is 1.92 bits per heavy atom. The number of carbonyl (C=O) groups excluding carboxylic acids is 1. The van der Waals surface area contributed by atoms with Gasteiger partial charge in [0, 0.05) is 16.8 Å². The summed E-state index contributed by atoms with van der Waals surface area (Å²) in [7, 11) is 0. The van der Waals surface area contributed by atoms with Gasteiger partial charge in [-0.3, -0.25) is 4.79 Å². The summed E-state index contributed by atoms with van der Waals surface area (Å²) in [6.45, 7) is 1.87. The maximum atomic E-state index is 13.7. The standard InChI is InChI=1S/C18H14ClFN4O/c1-11-6-7-12(8-13(11)19)23-18(25)16-9-17(22-10-21-16)24-15-5-3-2-4-14(15)20/h2-10H,1H3,(H,23,25)(H,21,22,24). The van der Waals surface area contributed by atoms with Crippen LogP contribution in [0.3, 0.4) is 0 Å². The highest BCUT2D eigenvalue weighted by Gasteiger charge is 2.11. The molecule has 25 heavy (non-hydrogen) atoms. The Bertz CT molecular complexity index is 932. The molecular formula is C18H14ClFN4O. The Morgan fingerprint density at radius 1 is 1.12 bits per heavy atom. The molecule has 2 N–H and O–H groups in total. The minimum atomic E-state index is -0.418. The van der Waals surface area contributed by atoms with Crippen LogP contribution in [0.25, 0.3) is 0 Å². The third-order valence-corrected chi connectivity index (χ3v) is 3.87. The molecule has 3 aromatic rings. The van der Waals surface area contributed by atoms with Crippen molar-refractivity contribution in [1.82, 2.24) is 9.97 Å². The van der Waals surface area contributed by atoms with Gasteiger partial charge in [0.2, 0.25) is 0 Å². The zero-order chi connectivity index (χ0) is 17.8. The largest absolute Gasteiger partial charge is 0.338 e. The number of halogens is 2. The number of para-hydroxylation sites is 1. The highest BCUT2D eigenvalue weighted by molar-refractivity contribution is 6.31. The Hall–Kier alpha value is -2.99. The van der Waals surface area contributed by atoms with Gasteiger partial charge in [-0.1, -0.05) is 29.8 Å². The molecule has 0 unspecified atom stereocenters. The summed E-state index contributed by atoms with van der Waals surface area (Å²) in [6, 6.07) is 12.9. The number of amides is 1. The van der Waals surface area contributed by atoms with Crippen molar-refractivity contribution < 1.29 is 9.18 Å². The Morgan fingerprint density at radius 3 is 2.68 bits per heavy atom. The van der Waals surface area contributed by atoms with Crippen molar-refractivity contribution >= 4 is 34.7 Å². The van der Waals surface area contributed by atoms with E-state index in [1.807, 2.05) is 13.0 Å². The number of nitrogens with zero attached hydrogens (tertiary/aromatic N) is 2. The molecule has 0 spiro atoms. The summed E-state index contributed by atoms with van der Waals surface area (Å²) < 4.78 is 13.7. The lowest BCUT2D eigenvalue weighted by Crippen LogP contribution is -2.14. The first-order chi connectivity index (χ1) is 12.0. The lowest BCUT2D eigenvalue weighted by molar-refractivity contribution is 0.102. The fourth-order valence-corrected chi connectivity index (χ4v) is 2.30. The van der Waals surface area contributed by atoms with Crippen molar-refractivity contribution in [2.24, 2.45) is 0 Å². The summed E-state index contributed by atoms with van der Waals surface area (Å²) in [5.74, 6) is -0.521. The van der Waals surface area contributed by atoms with Crippen LogP contribution in [0.1, 0.15) is 16.1 Å². The maximum absolute atomic E-state index is 13.7. The first kappa shape index (κ1) is 16.9. The number of rotatable bonds is 4. The van der Waals surface area contributed by atoms with Gasteiger partial charge >= 0.3 is 0 Å². The number of anilines is 3. The van der Waals surface area contributed by atoms with Crippen molar-refractivity contribution in [3.8, 4) is 0 Å². The molecule has 1 amide bonds. The zero-order valence-electron chi connectivity index (χ0n) is 13.3. The number of aromatic nitrogens is 2. The SMILES string of the molecule is Cc1ccc(NC(=O)c2cc(Nc3ccccc3F)ncn2)cc1Cl. The van der Waals surface area contributed by atoms with E-state index in [2.05, 4.69) is 20.6 Å². The first-order valence-electron chi connectivity index (χ1n) is 7.44. The summed E-state index contributed by atoms with van der Waals surface area (Å²) in [5, 5.41) is 6.09. The molecule has 0 saturated heterocycles. The molecule has 7 heteroatoms. The van der Waals surface area contributed by atoms with E-state index >= 15 is 0 Å². The lowest BCUT2D eigenvalue weighted by Gasteiger charge is -2.09. The molecular weight excluding hydrogens is 343 g/mol. The van der Waals surface area contributed by atoms with Crippen molar-refractivity contribution in [1.29, 1.82) is 0 Å². The molecule has 2 aromatic carbocycles. The predicted molar refractivity (Wildman–Crippen MR) is 95.9 cm³/mol. The second kappa shape index (κ2) is 7.27. The van der Waals surface area contributed by atoms with Crippen LogP contribution >= 0.6 is 11.6 Å². The lowest BCUT2D eigenvalue weighted by atomic mass is 10.2. The van der Waals surface area contributed by atoms with Crippen molar-refractivity contribution in [2.75, 3.05) is 10.6 Å². The summed E-state index contributed by atoms with van der Waals surface area (Å²) in [6.07, 6.45) is 1.24. The van der Waals surface area contributed by atoms with Gasteiger partial charge in [0.05, 0.1) is 5.69 Å². The summed E-state index contributed by atoms with van der Waals surface area (Å²) in [5.41, 5.74) is 1.88. The van der Waals surface area contributed by atoms with E-state index in [1.54, 1.807) is 30.3 Å². The summed E-state index contributed by atoms with van der Waals surface area (Å²) in [4.78, 5) is 20.3. The molecule has 3 rings (SSSR count). The minimum Gasteiger partial charge on any atom is -0.338 e. The number of hydrogen-bond acceptors (Lipinski definition) is 4. The first-order valence-corrected chi connectivity index (χ1v) is 7.82. The molecule has 1 heterocycles. The molecule has 0 fully saturated rings. The molecule has 5 nitrogen and oxygen atoms in total. The van der Waals surface area contributed by atoms with Crippen LogP contribution in [0.5, 0.6) is 0 Å². The van der Waals surface area contributed by atoms with E-state index in [-0.39, 0.29) is 11.4 Å². The Kier molecular flexibility index (Phi) is 4.90. The number of aryl methyl sites for hydroxylation is 1. The van der Waals surface area contributed by atoms with E-state index < -0.39 is 11.7 Å². The Balaban J connectivity index is 1.77. The second-order valence-corrected chi connectivity index (χ2v) is 5.72. The van der Waals surface area contributed by atoms with E-state index in [0.717, 1.165) is 5.56 Å². The predicted octanol–water partition coefficient (Wildman–Crippen LogP) is 4.57. The number of nitrogens with one attached hydrogen (secondary N) is 2. The van der Waals surface area contributed by atoms with Crippen molar-refractivity contribution in [3.63, 3.8) is 0 Å². The van der Waals surface area contributed by atoms with Crippen LogP contribution in [0, 0.1) is 12.7 Å². The summed E-state index contributed by atoms with van der Waals surface area (Å²) >= 11 is 6.05. The van der Waals surface area contributed by atoms with Gasteiger partial charge in [-0.25, -0.2) is 14.4 Å². The number of carbonyl (C=O) groups is 1. The van der Waals surface area contributed by atoms with Crippen LogP contribution in [0.4, 0.5) is 21.6 Å². The fraction of sp³-hybridized carbons (Fsp3) is 0.0556. The monoisotopic (exact) mass is 356 g/mol. The number of hydrogen-bond donors (Lipinski definition) is 2. The van der Waals surface area contributed by atoms with Gasteiger partial charge < -0.3 is 10.6 Å². The Labute approximate surface area is 148 Å². The number of benzene rings is 2. The third-order valence-electron chi connectivity index (χ3n) is 3.47. The molecule has 0 bridgehead atoms. The van der Waals surface area contributed by atoms with Crippen LogP contribution < -0.4 is 10.6 Å². The molecule has 0 radical (unpaired) electrons. The second-order valence-electron chi connectivity index (χ2n) is 5.31. The average molecular weight is 357 g/mol. The fourth-order valence-electron chi connectivity index (χ4n) is 2.12. The van der Waals surface area contributed by atoms with Crippen molar-refractivity contribution in [3.05, 3.63) is 77.0 Å². The molecule has 0 atom stereocenters. The van der Waals surface area contributed by atoms with Crippen LogP contribution in [-0.4, -0.2) is 15.9 Å². The normalized spacial score (nSPS) is 10.4. The van der Waals surface area contributed by atoms with Crippen LogP contribution in [0.15, 0.2) is 54.9 Å². The van der Waals surface area contributed by atoms with Gasteiger partial charge in [-0.15, -0.1) is 0 Å². The van der Waals surface area contributed by atoms with Crippen LogP contribution in [0.2, 0.25) is 5.02 Å². The molecule has 126 valence electrons. The smallest absolute Gasteiger partial charge is 0.274 e. The van der Waals surface area contributed by atoms with Crippen molar-refractivity contribution in [2.45, 2.75) is 6.92 Å². The molecule has 0 aliphatic rings. The molecule has 0 saturated carbocycles. The van der Waals surface area contributed by atoms with E-state index in [4.69, 9.17) is 11.6 Å². The molecule has 0 aliphatic carbocycles. The third kappa shape index (κ3) is 4.10. The zero-order valence-corrected chi connectivity index (χ0v) is 14.0. The van der Waals surface area contributed by atoms with Gasteiger partial charge in [-0.2, -0.15) is 0 Å². The van der Waals surface area contributed by atoms with Gasteiger partial charge in [0.25, 0.3) is 5.91 Å². The van der Waals surface area contributed by atoms with Crippen LogP contribution in [-0.2, 0) is 0 Å². The molecule has 1 aromatic heterocycles. The average Bonchev–Trinajstić information content (AvgIpc) is 2.60. The van der Waals surface area contributed by atoms with E-state index in [0.29, 0.717) is 16.5 Å². The van der Waals surface area contributed by atoms with Gasteiger partial charge in [0.1, 0.15) is 23.7 Å². The van der Waals surface area contributed by atoms with E-state index in [1.165, 1.54) is 18.5 Å². The maximum Gasteiger partial charge on any atom is 0.274 e. The highest BCUT2D eigenvalue weighted by atomic mass is 35.5.